The second-order valence-corrected chi connectivity index (χ2v) is 7.51. The third kappa shape index (κ3) is 3.86. The number of nitrogens with two attached hydrogens (primary N) is 1. The molecule has 0 aliphatic carbocycles. The Labute approximate surface area is 173 Å². The van der Waals surface area contributed by atoms with Crippen molar-refractivity contribution in [3.8, 4) is 23.8 Å². The highest BCUT2D eigenvalue weighted by Gasteiger charge is 2.21. The molecule has 9 heteroatoms. The van der Waals surface area contributed by atoms with E-state index in [1.165, 1.54) is 0 Å². The number of anilines is 1. The quantitative estimate of drug-likeness (QED) is 0.349. The van der Waals surface area contributed by atoms with E-state index in [9.17, 15) is 4.39 Å². The topological polar surface area (TPSA) is 100 Å². The van der Waals surface area contributed by atoms with E-state index in [2.05, 4.69) is 40.0 Å². The maximum atomic E-state index is 13.9. The van der Waals surface area contributed by atoms with Crippen molar-refractivity contribution in [2.75, 3.05) is 25.6 Å². The van der Waals surface area contributed by atoms with Crippen LogP contribution in [0, 0.1) is 24.3 Å². The fourth-order valence-corrected chi connectivity index (χ4v) is 3.43. The monoisotopic (exact) mass is 410 g/mol. The number of imidazole rings is 1. The van der Waals surface area contributed by atoms with Gasteiger partial charge in [-0.25, -0.2) is 4.98 Å². The van der Waals surface area contributed by atoms with E-state index in [-0.39, 0.29) is 12.6 Å². The van der Waals surface area contributed by atoms with Crippen LogP contribution in [-0.4, -0.2) is 39.4 Å². The molecule has 0 atom stereocenters. The average Bonchev–Trinajstić information content (AvgIpc) is 3.29. The molecular weight excluding hydrogens is 387 g/mol. The summed E-state index contributed by atoms with van der Waals surface area (Å²) >= 11 is 0. The first-order chi connectivity index (χ1) is 14.5. The van der Waals surface area contributed by atoms with Gasteiger partial charge in [-0.15, -0.1) is 6.42 Å². The van der Waals surface area contributed by atoms with Crippen LogP contribution in [0.4, 0.5) is 10.2 Å². The number of rotatable bonds is 7. The second-order valence-electron chi connectivity index (χ2n) is 7.51. The van der Waals surface area contributed by atoms with Gasteiger partial charge in [0.2, 0.25) is 6.79 Å². The first kappa shape index (κ1) is 19.9. The Hall–Kier alpha value is -3.38. The van der Waals surface area contributed by atoms with Crippen LogP contribution >= 0.6 is 0 Å². The SMILES string of the molecule is C#Cc1cc2c(cc1Cc1nc3c(N)nc(F)nc3n1CCNCC(C)C)OCO2. The molecule has 30 heavy (non-hydrogen) atoms. The lowest BCUT2D eigenvalue weighted by Gasteiger charge is -2.12. The largest absolute Gasteiger partial charge is 0.454 e. The molecule has 0 amide bonds. The van der Waals surface area contributed by atoms with Gasteiger partial charge in [-0.05, 0) is 24.1 Å². The standard InChI is InChI=1S/C21H23FN6O2/c1-4-13-7-15-16(30-11-29-15)8-14(13)9-17-25-18-19(23)26-21(22)27-20(18)28(17)6-5-24-10-12(2)3/h1,7-8,12,24H,5-6,9-11H2,2-3H3,(H2,23,26,27). The fraction of sp³-hybridized carbons (Fsp3) is 0.381. The van der Waals surface area contributed by atoms with Gasteiger partial charge in [0.25, 0.3) is 0 Å². The highest BCUT2D eigenvalue weighted by atomic mass is 19.1. The van der Waals surface area contributed by atoms with E-state index in [1.807, 2.05) is 10.6 Å². The number of hydrogen-bond acceptors (Lipinski definition) is 7. The molecule has 0 saturated carbocycles. The zero-order chi connectivity index (χ0) is 21.3. The lowest BCUT2D eigenvalue weighted by molar-refractivity contribution is 0.174. The van der Waals surface area contributed by atoms with Crippen molar-refractivity contribution in [2.24, 2.45) is 5.92 Å². The van der Waals surface area contributed by atoms with Gasteiger partial charge in [0, 0.05) is 31.1 Å². The molecule has 4 rings (SSSR count). The number of aromatic nitrogens is 4. The van der Waals surface area contributed by atoms with Crippen molar-refractivity contribution in [2.45, 2.75) is 26.8 Å². The molecule has 0 unspecified atom stereocenters. The zero-order valence-electron chi connectivity index (χ0n) is 16.9. The van der Waals surface area contributed by atoms with Crippen LogP contribution in [0.15, 0.2) is 12.1 Å². The number of terminal acetylenes is 1. The smallest absolute Gasteiger partial charge is 0.312 e. The molecule has 0 spiro atoms. The van der Waals surface area contributed by atoms with Gasteiger partial charge in [0.15, 0.2) is 28.5 Å². The number of ether oxygens (including phenoxy) is 2. The zero-order valence-corrected chi connectivity index (χ0v) is 16.9. The molecule has 1 aliphatic heterocycles. The van der Waals surface area contributed by atoms with E-state index < -0.39 is 6.08 Å². The Kier molecular flexibility index (Phi) is 5.42. The van der Waals surface area contributed by atoms with Crippen molar-refractivity contribution in [1.29, 1.82) is 0 Å². The van der Waals surface area contributed by atoms with Crippen molar-refractivity contribution in [1.82, 2.24) is 24.8 Å². The summed E-state index contributed by atoms with van der Waals surface area (Å²) in [6.07, 6.45) is 5.23. The number of nitrogens with zero attached hydrogens (tertiary/aromatic N) is 4. The molecule has 0 saturated heterocycles. The van der Waals surface area contributed by atoms with Gasteiger partial charge in [0.05, 0.1) is 0 Å². The van der Waals surface area contributed by atoms with E-state index >= 15 is 0 Å². The Balaban J connectivity index is 1.72. The summed E-state index contributed by atoms with van der Waals surface area (Å²) in [5, 5.41) is 3.38. The van der Waals surface area contributed by atoms with Crippen molar-refractivity contribution in [3.63, 3.8) is 0 Å². The third-order valence-corrected chi connectivity index (χ3v) is 4.84. The first-order valence-corrected chi connectivity index (χ1v) is 9.74. The summed E-state index contributed by atoms with van der Waals surface area (Å²) in [7, 11) is 0. The van der Waals surface area contributed by atoms with Crippen LogP contribution < -0.4 is 20.5 Å². The number of nitrogen functional groups attached to an aromatic ring is 1. The van der Waals surface area contributed by atoms with E-state index in [1.54, 1.807) is 6.07 Å². The Morgan fingerprint density at radius 2 is 2.03 bits per heavy atom. The third-order valence-electron chi connectivity index (χ3n) is 4.84. The molecule has 156 valence electrons. The minimum atomic E-state index is -0.879. The first-order valence-electron chi connectivity index (χ1n) is 9.74. The van der Waals surface area contributed by atoms with E-state index in [4.69, 9.17) is 21.6 Å². The molecule has 1 aliphatic rings. The number of halogens is 1. The van der Waals surface area contributed by atoms with Gasteiger partial charge in [-0.2, -0.15) is 14.4 Å². The van der Waals surface area contributed by atoms with E-state index in [0.29, 0.717) is 59.5 Å². The van der Waals surface area contributed by atoms with Gasteiger partial charge in [-0.1, -0.05) is 19.8 Å². The molecule has 1 aromatic carbocycles. The second kappa shape index (κ2) is 8.16. The summed E-state index contributed by atoms with van der Waals surface area (Å²) in [6.45, 7) is 6.52. The summed E-state index contributed by atoms with van der Waals surface area (Å²) in [5.41, 5.74) is 8.17. The van der Waals surface area contributed by atoms with Gasteiger partial charge in [0.1, 0.15) is 5.82 Å². The van der Waals surface area contributed by atoms with Crippen molar-refractivity contribution < 1.29 is 13.9 Å². The number of hydrogen-bond donors (Lipinski definition) is 2. The van der Waals surface area contributed by atoms with Crippen LogP contribution in [-0.2, 0) is 13.0 Å². The molecule has 0 fully saturated rings. The Morgan fingerprint density at radius 1 is 1.27 bits per heavy atom. The molecule has 8 nitrogen and oxygen atoms in total. The van der Waals surface area contributed by atoms with E-state index in [0.717, 1.165) is 12.1 Å². The van der Waals surface area contributed by atoms with Crippen LogP contribution in [0.1, 0.15) is 30.8 Å². The molecular formula is C21H23FN6O2. The van der Waals surface area contributed by atoms with Gasteiger partial charge < -0.3 is 25.1 Å². The lowest BCUT2D eigenvalue weighted by atomic mass is 10.0. The molecule has 0 bridgehead atoms. The van der Waals surface area contributed by atoms with Crippen molar-refractivity contribution in [3.05, 3.63) is 35.2 Å². The van der Waals surface area contributed by atoms with Crippen LogP contribution in [0.25, 0.3) is 11.2 Å². The Morgan fingerprint density at radius 3 is 2.77 bits per heavy atom. The van der Waals surface area contributed by atoms with Gasteiger partial charge >= 0.3 is 6.08 Å². The van der Waals surface area contributed by atoms with Crippen LogP contribution in [0.2, 0.25) is 0 Å². The van der Waals surface area contributed by atoms with Gasteiger partial charge in [-0.3, -0.25) is 0 Å². The predicted molar refractivity (Wildman–Crippen MR) is 111 cm³/mol. The maximum Gasteiger partial charge on any atom is 0.312 e. The number of nitrogens with one attached hydrogen (secondary N) is 1. The fourth-order valence-electron chi connectivity index (χ4n) is 3.43. The molecule has 0 radical (unpaired) electrons. The highest BCUT2D eigenvalue weighted by Crippen LogP contribution is 2.35. The summed E-state index contributed by atoms with van der Waals surface area (Å²) < 4.78 is 26.6. The number of benzene rings is 1. The predicted octanol–water partition coefficient (Wildman–Crippen LogP) is 2.09. The molecule has 3 heterocycles. The minimum absolute atomic E-state index is 0.00972. The lowest BCUT2D eigenvalue weighted by Crippen LogP contribution is -2.25. The molecule has 3 aromatic rings. The minimum Gasteiger partial charge on any atom is -0.454 e. The summed E-state index contributed by atoms with van der Waals surface area (Å²) in [4.78, 5) is 12.2. The molecule has 3 N–H and O–H groups in total. The average molecular weight is 410 g/mol. The Bertz CT molecular complexity index is 1130. The molecule has 2 aromatic heterocycles. The summed E-state index contributed by atoms with van der Waals surface area (Å²) in [5.74, 6) is 5.14. The van der Waals surface area contributed by atoms with Crippen LogP contribution in [0.5, 0.6) is 11.5 Å². The number of fused-ring (bicyclic) bond motifs is 2. The highest BCUT2D eigenvalue weighted by molar-refractivity contribution is 5.82. The van der Waals surface area contributed by atoms with Crippen LogP contribution in [0.3, 0.4) is 0 Å². The summed E-state index contributed by atoms with van der Waals surface area (Å²) in [6, 6.07) is 3.64. The van der Waals surface area contributed by atoms with Crippen molar-refractivity contribution >= 4 is 17.0 Å². The normalized spacial score (nSPS) is 12.6. The maximum absolute atomic E-state index is 13.9.